The van der Waals surface area contributed by atoms with Crippen molar-refractivity contribution in [3.63, 3.8) is 0 Å². The van der Waals surface area contributed by atoms with Crippen LogP contribution in [0.25, 0.3) is 0 Å². The van der Waals surface area contributed by atoms with Crippen molar-refractivity contribution in [2.75, 3.05) is 25.1 Å². The molecule has 0 saturated heterocycles. The van der Waals surface area contributed by atoms with E-state index in [0.717, 1.165) is 5.56 Å². The first-order valence-corrected chi connectivity index (χ1v) is 6.57. The summed E-state index contributed by atoms with van der Waals surface area (Å²) in [5, 5.41) is 3.14. The number of carbonyl (C=O) groups excluding carboxylic acids is 1. The Hall–Kier alpha value is -2.56. The van der Waals surface area contributed by atoms with Gasteiger partial charge in [0.1, 0.15) is 5.82 Å². The van der Waals surface area contributed by atoms with Crippen LogP contribution in [0.15, 0.2) is 42.5 Å². The molecule has 0 spiro atoms. The molecule has 0 radical (unpaired) electrons. The van der Waals surface area contributed by atoms with Crippen LogP contribution in [0.4, 0.5) is 15.8 Å². The van der Waals surface area contributed by atoms with Gasteiger partial charge in [-0.1, -0.05) is 12.1 Å². The minimum Gasteiger partial charge on any atom is -0.399 e. The van der Waals surface area contributed by atoms with E-state index in [2.05, 4.69) is 5.32 Å². The summed E-state index contributed by atoms with van der Waals surface area (Å²) in [6, 6.07) is 11.4. The summed E-state index contributed by atoms with van der Waals surface area (Å²) in [4.78, 5) is 13.6. The Bertz CT molecular complexity index is 656. The predicted molar refractivity (Wildman–Crippen MR) is 82.6 cm³/mol. The van der Waals surface area contributed by atoms with Gasteiger partial charge in [-0.15, -0.1) is 0 Å². The lowest BCUT2D eigenvalue weighted by atomic mass is 10.1. The van der Waals surface area contributed by atoms with Crippen LogP contribution in [0.3, 0.4) is 0 Å². The second-order valence-corrected chi connectivity index (χ2v) is 4.99. The Morgan fingerprint density at radius 1 is 1.24 bits per heavy atom. The van der Waals surface area contributed by atoms with E-state index in [1.165, 1.54) is 17.0 Å². The topological polar surface area (TPSA) is 58.4 Å². The molecule has 5 heteroatoms. The summed E-state index contributed by atoms with van der Waals surface area (Å²) < 4.78 is 13.2. The second kappa shape index (κ2) is 6.26. The van der Waals surface area contributed by atoms with Crippen LogP contribution in [-0.2, 0) is 6.54 Å². The maximum absolute atomic E-state index is 13.2. The van der Waals surface area contributed by atoms with Gasteiger partial charge in [-0.25, -0.2) is 4.39 Å². The molecule has 0 heterocycles. The number of nitrogens with two attached hydrogens (primary N) is 1. The van der Waals surface area contributed by atoms with Gasteiger partial charge in [-0.3, -0.25) is 4.79 Å². The fourth-order valence-corrected chi connectivity index (χ4v) is 1.98. The van der Waals surface area contributed by atoms with E-state index in [1.807, 2.05) is 6.07 Å². The molecular weight excluding hydrogens is 269 g/mol. The second-order valence-electron chi connectivity index (χ2n) is 4.99. The van der Waals surface area contributed by atoms with Gasteiger partial charge < -0.3 is 16.0 Å². The number of amides is 1. The zero-order valence-corrected chi connectivity index (χ0v) is 12.1. The third-order valence-electron chi connectivity index (χ3n) is 3.05. The number of hydrogen-bond acceptors (Lipinski definition) is 3. The SMILES string of the molecule is CN(C)C(=O)c1ccc(N)cc1NCc1cccc(F)c1. The molecule has 0 fully saturated rings. The third kappa shape index (κ3) is 3.72. The van der Waals surface area contributed by atoms with Crippen LogP contribution in [0.1, 0.15) is 15.9 Å². The first-order chi connectivity index (χ1) is 9.97. The van der Waals surface area contributed by atoms with Gasteiger partial charge >= 0.3 is 0 Å². The van der Waals surface area contributed by atoms with Gasteiger partial charge in [0.2, 0.25) is 0 Å². The van der Waals surface area contributed by atoms with E-state index < -0.39 is 0 Å². The fraction of sp³-hybridized carbons (Fsp3) is 0.188. The molecule has 3 N–H and O–H groups in total. The van der Waals surface area contributed by atoms with Crippen LogP contribution < -0.4 is 11.1 Å². The number of anilines is 2. The van der Waals surface area contributed by atoms with Crippen molar-refractivity contribution in [2.45, 2.75) is 6.54 Å². The Morgan fingerprint density at radius 2 is 2.00 bits per heavy atom. The smallest absolute Gasteiger partial charge is 0.255 e. The quantitative estimate of drug-likeness (QED) is 0.850. The number of rotatable bonds is 4. The summed E-state index contributed by atoms with van der Waals surface area (Å²) in [6.45, 7) is 0.412. The highest BCUT2D eigenvalue weighted by Gasteiger charge is 2.13. The normalized spacial score (nSPS) is 10.2. The van der Waals surface area contributed by atoms with Crippen LogP contribution in [-0.4, -0.2) is 24.9 Å². The average molecular weight is 287 g/mol. The number of halogens is 1. The number of nitrogen functional groups attached to an aromatic ring is 1. The van der Waals surface area contributed by atoms with Crippen molar-refractivity contribution in [1.29, 1.82) is 0 Å². The maximum atomic E-state index is 13.2. The van der Waals surface area contributed by atoms with Crippen molar-refractivity contribution >= 4 is 17.3 Å². The Kier molecular flexibility index (Phi) is 4.42. The summed E-state index contributed by atoms with van der Waals surface area (Å²) in [7, 11) is 3.38. The van der Waals surface area contributed by atoms with Gasteiger partial charge in [-0.2, -0.15) is 0 Å². The Morgan fingerprint density at radius 3 is 2.67 bits per heavy atom. The number of benzene rings is 2. The lowest BCUT2D eigenvalue weighted by Gasteiger charge is -2.16. The predicted octanol–water partition coefficient (Wildman–Crippen LogP) is 2.72. The van der Waals surface area contributed by atoms with E-state index in [-0.39, 0.29) is 11.7 Å². The van der Waals surface area contributed by atoms with Gasteiger partial charge in [0.25, 0.3) is 5.91 Å². The fourth-order valence-electron chi connectivity index (χ4n) is 1.98. The highest BCUT2D eigenvalue weighted by atomic mass is 19.1. The van der Waals surface area contributed by atoms with Gasteiger partial charge in [0.15, 0.2) is 0 Å². The molecule has 2 rings (SSSR count). The molecule has 1 amide bonds. The van der Waals surface area contributed by atoms with Gasteiger partial charge in [-0.05, 0) is 35.9 Å². The van der Waals surface area contributed by atoms with Crippen molar-refractivity contribution in [3.8, 4) is 0 Å². The van der Waals surface area contributed by atoms with Gasteiger partial charge in [0.05, 0.1) is 5.56 Å². The first kappa shape index (κ1) is 14.8. The lowest BCUT2D eigenvalue weighted by molar-refractivity contribution is 0.0828. The molecule has 110 valence electrons. The van der Waals surface area contributed by atoms with E-state index in [0.29, 0.717) is 23.5 Å². The molecule has 0 bridgehead atoms. The van der Waals surface area contributed by atoms with Crippen molar-refractivity contribution < 1.29 is 9.18 Å². The minimum absolute atomic E-state index is 0.114. The first-order valence-electron chi connectivity index (χ1n) is 6.57. The molecule has 2 aromatic carbocycles. The maximum Gasteiger partial charge on any atom is 0.255 e. The van der Waals surface area contributed by atoms with Crippen LogP contribution >= 0.6 is 0 Å². The number of nitrogens with zero attached hydrogens (tertiary/aromatic N) is 1. The van der Waals surface area contributed by atoms with E-state index >= 15 is 0 Å². The van der Waals surface area contributed by atoms with Crippen molar-refractivity contribution in [2.24, 2.45) is 0 Å². The van der Waals surface area contributed by atoms with Crippen LogP contribution in [0.5, 0.6) is 0 Å². The van der Waals surface area contributed by atoms with Crippen molar-refractivity contribution in [3.05, 3.63) is 59.4 Å². The molecule has 0 atom stereocenters. The summed E-state index contributed by atoms with van der Waals surface area (Å²) in [5.41, 5.74) is 8.30. The Labute approximate surface area is 123 Å². The summed E-state index contributed by atoms with van der Waals surface area (Å²) in [6.07, 6.45) is 0. The molecule has 0 aromatic heterocycles. The highest BCUT2D eigenvalue weighted by molar-refractivity contribution is 5.99. The molecule has 0 saturated carbocycles. The number of nitrogens with one attached hydrogen (secondary N) is 1. The highest BCUT2D eigenvalue weighted by Crippen LogP contribution is 2.21. The standard InChI is InChI=1S/C16H18FN3O/c1-20(2)16(21)14-7-6-13(18)9-15(14)19-10-11-4-3-5-12(17)8-11/h3-9,19H,10,18H2,1-2H3. The molecule has 0 aliphatic heterocycles. The average Bonchev–Trinajstić information content (AvgIpc) is 2.44. The minimum atomic E-state index is -0.286. The molecule has 0 unspecified atom stereocenters. The zero-order valence-electron chi connectivity index (χ0n) is 12.1. The molecule has 4 nitrogen and oxygen atoms in total. The van der Waals surface area contributed by atoms with Crippen LogP contribution in [0, 0.1) is 5.82 Å². The van der Waals surface area contributed by atoms with Gasteiger partial charge in [0, 0.05) is 32.0 Å². The van der Waals surface area contributed by atoms with E-state index in [1.54, 1.807) is 38.4 Å². The summed E-state index contributed by atoms with van der Waals surface area (Å²) >= 11 is 0. The summed E-state index contributed by atoms with van der Waals surface area (Å²) in [5.74, 6) is -0.400. The third-order valence-corrected chi connectivity index (χ3v) is 3.05. The monoisotopic (exact) mass is 287 g/mol. The molecule has 2 aromatic rings. The zero-order chi connectivity index (χ0) is 15.4. The number of carbonyl (C=O) groups is 1. The molecular formula is C16H18FN3O. The molecule has 0 aliphatic rings. The molecule has 0 aliphatic carbocycles. The lowest BCUT2D eigenvalue weighted by Crippen LogP contribution is -2.23. The Balaban J connectivity index is 2.22. The van der Waals surface area contributed by atoms with Crippen molar-refractivity contribution in [1.82, 2.24) is 4.90 Å². The largest absolute Gasteiger partial charge is 0.399 e. The van der Waals surface area contributed by atoms with E-state index in [9.17, 15) is 9.18 Å². The van der Waals surface area contributed by atoms with Crippen LogP contribution in [0.2, 0.25) is 0 Å². The van der Waals surface area contributed by atoms with E-state index in [4.69, 9.17) is 5.73 Å². The number of hydrogen-bond donors (Lipinski definition) is 2. The molecule has 21 heavy (non-hydrogen) atoms.